The lowest BCUT2D eigenvalue weighted by molar-refractivity contribution is 0.196. The maximum Gasteiger partial charge on any atom is 0.142 e. The molecular weight excluding hydrogens is 550 g/mol. The molecule has 0 heterocycles. The number of phenolic OH excluding ortho intramolecular Hbond substituents is 1. The highest BCUT2D eigenvalue weighted by molar-refractivity contribution is 5.86. The molecule has 0 fully saturated rings. The van der Waals surface area contributed by atoms with Crippen LogP contribution in [0.5, 0.6) is 5.75 Å². The van der Waals surface area contributed by atoms with Crippen molar-refractivity contribution in [3.63, 3.8) is 0 Å². The number of aryl methyl sites for hydroxylation is 2. The van der Waals surface area contributed by atoms with Gasteiger partial charge in [0, 0.05) is 37.1 Å². The Morgan fingerprint density at radius 1 is 0.622 bits per heavy atom. The van der Waals surface area contributed by atoms with E-state index in [1.54, 1.807) is 7.11 Å². The molecule has 0 atom stereocenters. The van der Waals surface area contributed by atoms with E-state index in [0.29, 0.717) is 18.9 Å². The molecule has 0 spiro atoms. The Morgan fingerprint density at radius 2 is 1.18 bits per heavy atom. The van der Waals surface area contributed by atoms with Crippen LogP contribution in [0, 0.1) is 13.8 Å². The normalized spacial score (nSPS) is 12.4. The summed E-state index contributed by atoms with van der Waals surface area (Å²) in [6.45, 7) is 25.9. The zero-order valence-electron chi connectivity index (χ0n) is 29.9. The van der Waals surface area contributed by atoms with Gasteiger partial charge in [-0.1, -0.05) is 117 Å². The first-order valence-corrected chi connectivity index (χ1v) is 16.4. The van der Waals surface area contributed by atoms with Crippen molar-refractivity contribution in [1.29, 1.82) is 0 Å². The fraction of sp³-hybridized carbons (Fsp3) is 0.429. The van der Waals surface area contributed by atoms with Crippen molar-refractivity contribution in [2.24, 2.45) is 0 Å². The van der Waals surface area contributed by atoms with Crippen molar-refractivity contribution in [3.8, 4) is 28.0 Å². The van der Waals surface area contributed by atoms with Crippen molar-refractivity contribution in [2.45, 2.75) is 98.8 Å². The molecule has 0 aliphatic rings. The van der Waals surface area contributed by atoms with E-state index in [2.05, 4.69) is 154 Å². The number of ether oxygens (including phenoxy) is 1. The van der Waals surface area contributed by atoms with Crippen LogP contribution >= 0.6 is 0 Å². The summed E-state index contributed by atoms with van der Waals surface area (Å²) >= 11 is 0. The van der Waals surface area contributed by atoms with Gasteiger partial charge in [0.25, 0.3) is 0 Å². The van der Waals surface area contributed by atoms with Crippen molar-refractivity contribution >= 4 is 11.4 Å². The standard InChI is InChI=1S/C42H55NO2/c1-28-20-30(31-25-33(40(3,4)5)27-34(26-31)41(6,7)8)24-32(21-28)35-16-13-14-17-37(35)43(18-15-19-45-12)38-23-29(2)22-36(39(38)44)42(9,10)11/h13-14,16-17,20-27,44H,15,18-19H2,1-12H3. The molecule has 0 saturated heterocycles. The lowest BCUT2D eigenvalue weighted by Crippen LogP contribution is -2.22. The number of para-hydroxylation sites is 1. The fourth-order valence-corrected chi connectivity index (χ4v) is 5.99. The van der Waals surface area contributed by atoms with Gasteiger partial charge in [0.1, 0.15) is 5.75 Å². The van der Waals surface area contributed by atoms with Crippen LogP contribution in [-0.2, 0) is 21.0 Å². The van der Waals surface area contributed by atoms with Gasteiger partial charge in [-0.3, -0.25) is 0 Å². The van der Waals surface area contributed by atoms with Crippen LogP contribution in [0.3, 0.4) is 0 Å². The van der Waals surface area contributed by atoms with Gasteiger partial charge in [0.2, 0.25) is 0 Å². The van der Waals surface area contributed by atoms with E-state index in [4.69, 9.17) is 4.74 Å². The van der Waals surface area contributed by atoms with E-state index in [-0.39, 0.29) is 16.2 Å². The number of anilines is 2. The molecule has 0 saturated carbocycles. The Labute approximate surface area is 273 Å². The Balaban J connectivity index is 1.94. The second-order valence-corrected chi connectivity index (χ2v) is 15.8. The Kier molecular flexibility index (Phi) is 9.95. The van der Waals surface area contributed by atoms with Crippen LogP contribution in [0.4, 0.5) is 11.4 Å². The van der Waals surface area contributed by atoms with Gasteiger partial charge in [-0.05, 0) is 93.7 Å². The van der Waals surface area contributed by atoms with Crippen LogP contribution in [0.25, 0.3) is 22.3 Å². The van der Waals surface area contributed by atoms with E-state index >= 15 is 0 Å². The second kappa shape index (κ2) is 13.0. The van der Waals surface area contributed by atoms with Crippen molar-refractivity contribution in [1.82, 2.24) is 0 Å². The number of nitrogens with zero attached hydrogens (tertiary/aromatic N) is 1. The zero-order valence-corrected chi connectivity index (χ0v) is 29.9. The SMILES string of the molecule is COCCCN(c1ccccc1-c1cc(C)cc(-c2cc(C(C)(C)C)cc(C(C)(C)C)c2)c1)c1cc(C)cc(C(C)(C)C)c1O. The molecular formula is C42H55NO2. The predicted octanol–water partition coefficient (Wildman–Crippen LogP) is 11.4. The lowest BCUT2D eigenvalue weighted by Gasteiger charge is -2.31. The Hall–Kier alpha value is -3.56. The molecule has 3 heteroatoms. The minimum atomic E-state index is -0.193. The number of benzene rings is 4. The molecule has 240 valence electrons. The van der Waals surface area contributed by atoms with Gasteiger partial charge < -0.3 is 14.7 Å². The second-order valence-electron chi connectivity index (χ2n) is 15.8. The molecule has 0 aromatic heterocycles. The number of hydrogen-bond donors (Lipinski definition) is 1. The fourth-order valence-electron chi connectivity index (χ4n) is 5.99. The highest BCUT2D eigenvalue weighted by Crippen LogP contribution is 2.45. The van der Waals surface area contributed by atoms with Gasteiger partial charge in [-0.25, -0.2) is 0 Å². The van der Waals surface area contributed by atoms with Gasteiger partial charge in [0.15, 0.2) is 0 Å². The van der Waals surface area contributed by atoms with E-state index < -0.39 is 0 Å². The Bertz CT molecular complexity index is 1610. The van der Waals surface area contributed by atoms with Crippen LogP contribution in [0.15, 0.2) is 72.8 Å². The van der Waals surface area contributed by atoms with Crippen molar-refractivity contribution in [3.05, 3.63) is 101 Å². The smallest absolute Gasteiger partial charge is 0.142 e. The van der Waals surface area contributed by atoms with Gasteiger partial charge in [-0.15, -0.1) is 0 Å². The number of aromatic hydroxyl groups is 1. The molecule has 0 radical (unpaired) electrons. The molecule has 0 unspecified atom stereocenters. The summed E-state index contributed by atoms with van der Waals surface area (Å²) in [5.41, 5.74) is 12.6. The molecule has 45 heavy (non-hydrogen) atoms. The minimum Gasteiger partial charge on any atom is -0.505 e. The molecule has 0 aliphatic heterocycles. The van der Waals surface area contributed by atoms with E-state index in [9.17, 15) is 5.11 Å². The predicted molar refractivity (Wildman–Crippen MR) is 194 cm³/mol. The summed E-state index contributed by atoms with van der Waals surface area (Å²) in [4.78, 5) is 2.28. The van der Waals surface area contributed by atoms with Gasteiger partial charge in [0.05, 0.1) is 5.69 Å². The lowest BCUT2D eigenvalue weighted by atomic mass is 9.78. The van der Waals surface area contributed by atoms with Crippen LogP contribution < -0.4 is 4.90 Å². The minimum absolute atomic E-state index is 0.0414. The van der Waals surface area contributed by atoms with Crippen LogP contribution in [0.2, 0.25) is 0 Å². The largest absolute Gasteiger partial charge is 0.505 e. The topological polar surface area (TPSA) is 32.7 Å². The van der Waals surface area contributed by atoms with E-state index in [1.165, 1.54) is 33.4 Å². The number of phenols is 1. The number of methoxy groups -OCH3 is 1. The molecule has 3 nitrogen and oxygen atoms in total. The maximum atomic E-state index is 11.7. The monoisotopic (exact) mass is 605 g/mol. The molecule has 0 bridgehead atoms. The maximum absolute atomic E-state index is 11.7. The van der Waals surface area contributed by atoms with Gasteiger partial charge in [-0.2, -0.15) is 0 Å². The summed E-state index contributed by atoms with van der Waals surface area (Å²) in [5, 5.41) is 11.7. The quantitative estimate of drug-likeness (QED) is 0.203. The first-order valence-electron chi connectivity index (χ1n) is 16.4. The molecule has 1 N–H and O–H groups in total. The van der Waals surface area contributed by atoms with Crippen LogP contribution in [0.1, 0.15) is 96.6 Å². The highest BCUT2D eigenvalue weighted by atomic mass is 16.5. The third kappa shape index (κ3) is 8.00. The average Bonchev–Trinajstić information content (AvgIpc) is 2.94. The van der Waals surface area contributed by atoms with E-state index in [0.717, 1.165) is 34.5 Å². The summed E-state index contributed by atoms with van der Waals surface area (Å²) in [5.74, 6) is 0.346. The number of rotatable bonds is 8. The van der Waals surface area contributed by atoms with Crippen molar-refractivity contribution < 1.29 is 9.84 Å². The summed E-state index contributed by atoms with van der Waals surface area (Å²) in [6, 6.07) is 26.9. The first-order chi connectivity index (χ1) is 20.9. The van der Waals surface area contributed by atoms with Crippen molar-refractivity contribution in [2.75, 3.05) is 25.2 Å². The zero-order chi connectivity index (χ0) is 33.3. The summed E-state index contributed by atoms with van der Waals surface area (Å²) in [7, 11) is 1.74. The average molecular weight is 606 g/mol. The summed E-state index contributed by atoms with van der Waals surface area (Å²) < 4.78 is 5.47. The van der Waals surface area contributed by atoms with Crippen LogP contribution in [-0.4, -0.2) is 25.4 Å². The van der Waals surface area contributed by atoms with Gasteiger partial charge >= 0.3 is 0 Å². The molecule has 0 amide bonds. The molecule has 4 aromatic rings. The molecule has 4 rings (SSSR count). The molecule has 4 aromatic carbocycles. The third-order valence-corrected chi connectivity index (χ3v) is 8.64. The first kappa shape index (κ1) is 34.3. The third-order valence-electron chi connectivity index (χ3n) is 8.64. The highest BCUT2D eigenvalue weighted by Gasteiger charge is 2.26. The summed E-state index contributed by atoms with van der Waals surface area (Å²) in [6.07, 6.45) is 0.831. The number of hydrogen-bond acceptors (Lipinski definition) is 3. The molecule has 0 aliphatic carbocycles. The Morgan fingerprint density at radius 3 is 1.76 bits per heavy atom. The van der Waals surface area contributed by atoms with E-state index in [1.807, 2.05) is 0 Å².